The standard InChI is InChI=1S/C13H10BrN3O2S/c1-16-11-7(12(18)17(2)13(16)19)3-4-8(15-11)9-5-6-10(14)20-9/h3-6H,1-2H3. The minimum atomic E-state index is -0.375. The van der Waals surface area contributed by atoms with Gasteiger partial charge in [0.15, 0.2) is 0 Å². The summed E-state index contributed by atoms with van der Waals surface area (Å²) in [5.74, 6) is 0. The second-order valence-corrected chi connectivity index (χ2v) is 6.84. The summed E-state index contributed by atoms with van der Waals surface area (Å²) >= 11 is 4.96. The number of hydrogen-bond donors (Lipinski definition) is 0. The molecular weight excluding hydrogens is 342 g/mol. The Labute approximate surface area is 126 Å². The molecule has 0 N–H and O–H groups in total. The Morgan fingerprint density at radius 2 is 1.85 bits per heavy atom. The third-order valence-electron chi connectivity index (χ3n) is 3.13. The molecule has 0 aliphatic heterocycles. The third kappa shape index (κ3) is 1.94. The van der Waals surface area contributed by atoms with E-state index in [1.807, 2.05) is 12.1 Å². The predicted molar refractivity (Wildman–Crippen MR) is 83.2 cm³/mol. The molecule has 3 rings (SSSR count). The van der Waals surface area contributed by atoms with E-state index in [2.05, 4.69) is 20.9 Å². The van der Waals surface area contributed by atoms with Crippen molar-refractivity contribution >= 4 is 38.3 Å². The lowest BCUT2D eigenvalue weighted by atomic mass is 10.2. The average Bonchev–Trinajstić information content (AvgIpc) is 2.89. The quantitative estimate of drug-likeness (QED) is 0.674. The third-order valence-corrected chi connectivity index (χ3v) is 4.77. The van der Waals surface area contributed by atoms with E-state index in [1.165, 1.54) is 11.6 Å². The van der Waals surface area contributed by atoms with E-state index in [0.29, 0.717) is 11.0 Å². The van der Waals surface area contributed by atoms with E-state index in [4.69, 9.17) is 0 Å². The van der Waals surface area contributed by atoms with Gasteiger partial charge in [0.1, 0.15) is 5.65 Å². The fourth-order valence-corrected chi connectivity index (χ4v) is 3.40. The van der Waals surface area contributed by atoms with E-state index >= 15 is 0 Å². The van der Waals surface area contributed by atoms with Crippen LogP contribution >= 0.6 is 27.3 Å². The summed E-state index contributed by atoms with van der Waals surface area (Å²) in [5.41, 5.74) is 0.450. The molecule has 0 unspecified atom stereocenters. The van der Waals surface area contributed by atoms with Gasteiger partial charge in [-0.3, -0.25) is 13.9 Å². The fraction of sp³-hybridized carbons (Fsp3) is 0.154. The highest BCUT2D eigenvalue weighted by molar-refractivity contribution is 9.11. The second kappa shape index (κ2) is 4.68. The number of rotatable bonds is 1. The summed E-state index contributed by atoms with van der Waals surface area (Å²) in [6.07, 6.45) is 0. The van der Waals surface area contributed by atoms with Crippen LogP contribution in [-0.2, 0) is 14.1 Å². The molecule has 0 aliphatic carbocycles. The second-order valence-electron chi connectivity index (χ2n) is 4.38. The van der Waals surface area contributed by atoms with Gasteiger partial charge < -0.3 is 0 Å². The Morgan fingerprint density at radius 3 is 2.50 bits per heavy atom. The molecule has 3 heterocycles. The van der Waals surface area contributed by atoms with Gasteiger partial charge in [0, 0.05) is 14.1 Å². The summed E-state index contributed by atoms with van der Waals surface area (Å²) < 4.78 is 3.49. The van der Waals surface area contributed by atoms with Crippen molar-refractivity contribution in [1.82, 2.24) is 14.1 Å². The first kappa shape index (κ1) is 13.3. The van der Waals surface area contributed by atoms with Crippen molar-refractivity contribution in [1.29, 1.82) is 0 Å². The maximum absolute atomic E-state index is 12.1. The number of aryl methyl sites for hydroxylation is 1. The molecule has 0 aliphatic rings. The van der Waals surface area contributed by atoms with Gasteiger partial charge in [0.25, 0.3) is 5.56 Å². The largest absolute Gasteiger partial charge is 0.332 e. The monoisotopic (exact) mass is 351 g/mol. The smallest absolute Gasteiger partial charge is 0.280 e. The van der Waals surface area contributed by atoms with Crippen molar-refractivity contribution in [3.8, 4) is 10.6 Å². The van der Waals surface area contributed by atoms with Crippen LogP contribution in [0.1, 0.15) is 0 Å². The van der Waals surface area contributed by atoms with Crippen LogP contribution < -0.4 is 11.2 Å². The fourth-order valence-electron chi connectivity index (χ4n) is 2.04. The summed E-state index contributed by atoms with van der Waals surface area (Å²) in [6, 6.07) is 7.40. The molecule has 3 aromatic heterocycles. The van der Waals surface area contributed by atoms with Crippen LogP contribution in [0.2, 0.25) is 0 Å². The normalized spacial score (nSPS) is 11.2. The number of halogens is 1. The van der Waals surface area contributed by atoms with Crippen molar-refractivity contribution in [3.63, 3.8) is 0 Å². The van der Waals surface area contributed by atoms with Gasteiger partial charge in [-0.25, -0.2) is 9.78 Å². The molecule has 20 heavy (non-hydrogen) atoms. The first-order valence-corrected chi connectivity index (χ1v) is 7.42. The lowest BCUT2D eigenvalue weighted by molar-refractivity contribution is 0.708. The summed E-state index contributed by atoms with van der Waals surface area (Å²) in [6.45, 7) is 0. The van der Waals surface area contributed by atoms with Gasteiger partial charge >= 0.3 is 5.69 Å². The zero-order valence-electron chi connectivity index (χ0n) is 10.8. The van der Waals surface area contributed by atoms with Gasteiger partial charge in [-0.2, -0.15) is 0 Å². The first-order chi connectivity index (χ1) is 9.49. The summed E-state index contributed by atoms with van der Waals surface area (Å²) in [7, 11) is 3.08. The van der Waals surface area contributed by atoms with Gasteiger partial charge in [-0.1, -0.05) is 0 Å². The molecule has 5 nitrogen and oxygen atoms in total. The van der Waals surface area contributed by atoms with Crippen LogP contribution in [0.5, 0.6) is 0 Å². The first-order valence-electron chi connectivity index (χ1n) is 5.81. The molecule has 0 saturated carbocycles. The number of fused-ring (bicyclic) bond motifs is 1. The molecule has 3 aromatic rings. The summed E-state index contributed by atoms with van der Waals surface area (Å²) in [5, 5.41) is 0.439. The van der Waals surface area contributed by atoms with Crippen molar-refractivity contribution in [2.45, 2.75) is 0 Å². The van der Waals surface area contributed by atoms with Crippen molar-refractivity contribution < 1.29 is 0 Å². The van der Waals surface area contributed by atoms with E-state index in [0.717, 1.165) is 18.9 Å². The highest BCUT2D eigenvalue weighted by Crippen LogP contribution is 2.30. The number of hydrogen-bond acceptors (Lipinski definition) is 4. The molecule has 0 bridgehead atoms. The van der Waals surface area contributed by atoms with Crippen molar-refractivity contribution in [2.75, 3.05) is 0 Å². The van der Waals surface area contributed by atoms with Gasteiger partial charge in [0.05, 0.1) is 19.7 Å². The topological polar surface area (TPSA) is 56.9 Å². The lowest BCUT2D eigenvalue weighted by Gasteiger charge is -2.07. The van der Waals surface area contributed by atoms with Crippen molar-refractivity contribution in [3.05, 3.63) is 48.9 Å². The van der Waals surface area contributed by atoms with Crippen LogP contribution in [0.3, 0.4) is 0 Å². The van der Waals surface area contributed by atoms with E-state index in [-0.39, 0.29) is 11.2 Å². The Hall–Kier alpha value is -1.73. The molecule has 0 amide bonds. The Bertz CT molecular complexity index is 939. The van der Waals surface area contributed by atoms with Crippen molar-refractivity contribution in [2.24, 2.45) is 14.1 Å². The number of thiophene rings is 1. The maximum Gasteiger partial charge on any atom is 0.332 e. The molecular formula is C13H10BrN3O2S. The van der Waals surface area contributed by atoms with Crippen LogP contribution in [-0.4, -0.2) is 14.1 Å². The zero-order chi connectivity index (χ0) is 14.4. The highest BCUT2D eigenvalue weighted by Gasteiger charge is 2.11. The minimum absolute atomic E-state index is 0.325. The number of nitrogens with zero attached hydrogens (tertiary/aromatic N) is 3. The predicted octanol–water partition coefficient (Wildman–Crippen LogP) is 2.12. The van der Waals surface area contributed by atoms with Gasteiger partial charge in [0.2, 0.25) is 0 Å². The Balaban J connectivity index is 2.37. The van der Waals surface area contributed by atoms with Crippen LogP contribution in [0.4, 0.5) is 0 Å². The van der Waals surface area contributed by atoms with Crippen LogP contribution in [0.25, 0.3) is 21.6 Å². The lowest BCUT2D eigenvalue weighted by Crippen LogP contribution is -2.37. The molecule has 0 aromatic carbocycles. The Morgan fingerprint density at radius 1 is 1.10 bits per heavy atom. The van der Waals surface area contributed by atoms with Crippen LogP contribution in [0.15, 0.2) is 37.6 Å². The maximum atomic E-state index is 12.1. The molecule has 0 radical (unpaired) electrons. The molecule has 102 valence electrons. The van der Waals surface area contributed by atoms with E-state index < -0.39 is 0 Å². The molecule has 0 atom stereocenters. The molecule has 0 spiro atoms. The highest BCUT2D eigenvalue weighted by atomic mass is 79.9. The van der Waals surface area contributed by atoms with Gasteiger partial charge in [-0.15, -0.1) is 11.3 Å². The van der Waals surface area contributed by atoms with E-state index in [9.17, 15) is 9.59 Å². The summed E-state index contributed by atoms with van der Waals surface area (Å²) in [4.78, 5) is 29.4. The zero-order valence-corrected chi connectivity index (χ0v) is 13.2. The van der Waals surface area contributed by atoms with Gasteiger partial charge in [-0.05, 0) is 40.2 Å². The number of pyridine rings is 1. The number of aromatic nitrogens is 3. The molecule has 0 fully saturated rings. The average molecular weight is 352 g/mol. The Kier molecular flexibility index (Phi) is 3.10. The van der Waals surface area contributed by atoms with Crippen LogP contribution in [0, 0.1) is 0 Å². The minimum Gasteiger partial charge on any atom is -0.280 e. The molecule has 0 saturated heterocycles. The van der Waals surface area contributed by atoms with E-state index in [1.54, 1.807) is 30.5 Å². The molecule has 7 heteroatoms. The SMILES string of the molecule is Cn1c(=O)c2ccc(-c3ccc(Br)s3)nc2n(C)c1=O.